The number of rotatable bonds is 0. The van der Waals surface area contributed by atoms with E-state index in [1.54, 1.807) is 6.92 Å². The maximum Gasteiger partial charge on any atom is 0.154 e. The van der Waals surface area contributed by atoms with Crippen molar-refractivity contribution < 1.29 is 8.42 Å². The molecule has 1 aliphatic heterocycles. The topological polar surface area (TPSA) is 34.1 Å². The molecule has 0 spiro atoms. The Morgan fingerprint density at radius 2 is 2.00 bits per heavy atom. The highest BCUT2D eigenvalue weighted by atomic mass is 35.5. The van der Waals surface area contributed by atoms with Gasteiger partial charge in [-0.15, -0.1) is 11.6 Å². The standard InChI is InChI=1S/C6H11ClO2S/c1-5-2-3-6(7)4-10(5,8)9/h5-6H,2-4H2,1H3/t5-,6-/m1/s1. The van der Waals surface area contributed by atoms with Gasteiger partial charge in [0.1, 0.15) is 0 Å². The van der Waals surface area contributed by atoms with E-state index in [-0.39, 0.29) is 16.4 Å². The first-order valence-corrected chi connectivity index (χ1v) is 5.53. The second kappa shape index (κ2) is 2.70. The molecular formula is C6H11ClO2S. The van der Waals surface area contributed by atoms with Gasteiger partial charge in [-0.2, -0.15) is 0 Å². The molecule has 0 bridgehead atoms. The third-order valence-corrected chi connectivity index (χ3v) is 4.80. The highest BCUT2D eigenvalue weighted by Gasteiger charge is 2.29. The van der Waals surface area contributed by atoms with E-state index in [1.165, 1.54) is 0 Å². The van der Waals surface area contributed by atoms with Crippen LogP contribution < -0.4 is 0 Å². The lowest BCUT2D eigenvalue weighted by atomic mass is 10.2. The minimum atomic E-state index is -2.84. The Kier molecular flexibility index (Phi) is 2.25. The van der Waals surface area contributed by atoms with Crippen LogP contribution in [0.15, 0.2) is 0 Å². The number of alkyl halides is 1. The smallest absolute Gasteiger partial charge is 0.154 e. The molecule has 0 amide bonds. The van der Waals surface area contributed by atoms with Gasteiger partial charge < -0.3 is 0 Å². The van der Waals surface area contributed by atoms with Crippen molar-refractivity contribution in [3.8, 4) is 0 Å². The van der Waals surface area contributed by atoms with E-state index in [1.807, 2.05) is 0 Å². The molecule has 60 valence electrons. The van der Waals surface area contributed by atoms with Crippen molar-refractivity contribution in [1.29, 1.82) is 0 Å². The maximum atomic E-state index is 11.1. The minimum absolute atomic E-state index is 0.152. The number of halogens is 1. The summed E-state index contributed by atoms with van der Waals surface area (Å²) in [6.07, 6.45) is 1.55. The van der Waals surface area contributed by atoms with Crippen molar-refractivity contribution in [3.63, 3.8) is 0 Å². The Morgan fingerprint density at radius 1 is 1.40 bits per heavy atom. The lowest BCUT2D eigenvalue weighted by Crippen LogP contribution is -2.31. The monoisotopic (exact) mass is 182 g/mol. The number of sulfone groups is 1. The van der Waals surface area contributed by atoms with E-state index < -0.39 is 9.84 Å². The van der Waals surface area contributed by atoms with Crippen molar-refractivity contribution in [3.05, 3.63) is 0 Å². The van der Waals surface area contributed by atoms with Gasteiger partial charge in [0.25, 0.3) is 0 Å². The molecule has 0 aromatic rings. The SMILES string of the molecule is C[C@@H]1CC[C@@H](Cl)CS1(=O)=O. The number of hydrogen-bond acceptors (Lipinski definition) is 2. The van der Waals surface area contributed by atoms with Crippen LogP contribution >= 0.6 is 11.6 Å². The van der Waals surface area contributed by atoms with Gasteiger partial charge in [-0.1, -0.05) is 0 Å². The van der Waals surface area contributed by atoms with Gasteiger partial charge >= 0.3 is 0 Å². The molecule has 0 radical (unpaired) electrons. The Balaban J connectivity index is 2.74. The average Bonchev–Trinajstić information content (AvgIpc) is 1.78. The second-order valence-electron chi connectivity index (χ2n) is 2.81. The lowest BCUT2D eigenvalue weighted by Gasteiger charge is -2.21. The molecule has 2 nitrogen and oxygen atoms in total. The van der Waals surface area contributed by atoms with Crippen LogP contribution in [0.1, 0.15) is 19.8 Å². The lowest BCUT2D eigenvalue weighted by molar-refractivity contribution is 0.551. The van der Waals surface area contributed by atoms with Gasteiger partial charge in [0.15, 0.2) is 9.84 Å². The van der Waals surface area contributed by atoms with E-state index in [4.69, 9.17) is 11.6 Å². The molecule has 0 unspecified atom stereocenters. The summed E-state index contributed by atoms with van der Waals surface area (Å²) in [5.74, 6) is 0.162. The van der Waals surface area contributed by atoms with Crippen molar-refractivity contribution in [2.75, 3.05) is 5.75 Å². The highest BCUT2D eigenvalue weighted by molar-refractivity contribution is 7.92. The van der Waals surface area contributed by atoms with Crippen LogP contribution in [0.3, 0.4) is 0 Å². The summed E-state index contributed by atoms with van der Waals surface area (Å²) in [5, 5.41) is -0.330. The Labute approximate surface area is 66.5 Å². The summed E-state index contributed by atoms with van der Waals surface area (Å²) in [6, 6.07) is 0. The summed E-state index contributed by atoms with van der Waals surface area (Å²) in [4.78, 5) is 0. The molecule has 2 atom stereocenters. The fourth-order valence-electron chi connectivity index (χ4n) is 1.09. The van der Waals surface area contributed by atoms with E-state index in [0.717, 1.165) is 12.8 Å². The summed E-state index contributed by atoms with van der Waals surface area (Å²) in [5.41, 5.74) is 0. The summed E-state index contributed by atoms with van der Waals surface area (Å²) < 4.78 is 22.2. The van der Waals surface area contributed by atoms with E-state index in [2.05, 4.69) is 0 Å². The first-order valence-electron chi connectivity index (χ1n) is 3.38. The predicted octanol–water partition coefficient (Wildman–Crippen LogP) is 1.19. The highest BCUT2D eigenvalue weighted by Crippen LogP contribution is 2.22. The molecule has 1 saturated heterocycles. The largest absolute Gasteiger partial charge is 0.229 e. The van der Waals surface area contributed by atoms with Crippen LogP contribution in [0, 0.1) is 0 Å². The first-order chi connectivity index (χ1) is 4.52. The van der Waals surface area contributed by atoms with Gasteiger partial charge in [0.2, 0.25) is 0 Å². The Hall–Kier alpha value is 0.240. The first kappa shape index (κ1) is 8.34. The molecule has 1 heterocycles. The third-order valence-electron chi connectivity index (χ3n) is 1.91. The molecule has 4 heteroatoms. The van der Waals surface area contributed by atoms with Crippen molar-refractivity contribution in [1.82, 2.24) is 0 Å². The molecule has 1 fully saturated rings. The Bertz CT molecular complexity index is 210. The molecule has 0 N–H and O–H groups in total. The van der Waals surface area contributed by atoms with Crippen LogP contribution in [0.2, 0.25) is 0 Å². The summed E-state index contributed by atoms with van der Waals surface area (Å²) in [7, 11) is -2.84. The zero-order chi connectivity index (χ0) is 7.78. The van der Waals surface area contributed by atoms with Crippen LogP contribution in [-0.2, 0) is 9.84 Å². The number of hydrogen-bond donors (Lipinski definition) is 0. The molecular weight excluding hydrogens is 172 g/mol. The molecule has 1 aliphatic rings. The predicted molar refractivity (Wildman–Crippen MR) is 42.1 cm³/mol. The van der Waals surface area contributed by atoms with Crippen LogP contribution in [-0.4, -0.2) is 24.8 Å². The Morgan fingerprint density at radius 3 is 2.40 bits per heavy atom. The summed E-state index contributed by atoms with van der Waals surface area (Å²) >= 11 is 5.69. The molecule has 10 heavy (non-hydrogen) atoms. The van der Waals surface area contributed by atoms with E-state index >= 15 is 0 Å². The third kappa shape index (κ3) is 1.64. The summed E-state index contributed by atoms with van der Waals surface area (Å²) in [6.45, 7) is 1.75. The molecule has 0 aliphatic carbocycles. The second-order valence-corrected chi connectivity index (χ2v) is 5.90. The van der Waals surface area contributed by atoms with Crippen LogP contribution in [0.25, 0.3) is 0 Å². The molecule has 0 saturated carbocycles. The zero-order valence-electron chi connectivity index (χ0n) is 5.88. The van der Waals surface area contributed by atoms with Crippen LogP contribution in [0.5, 0.6) is 0 Å². The fraction of sp³-hybridized carbons (Fsp3) is 1.00. The minimum Gasteiger partial charge on any atom is -0.229 e. The van der Waals surface area contributed by atoms with Gasteiger partial charge in [-0.05, 0) is 19.8 Å². The zero-order valence-corrected chi connectivity index (χ0v) is 7.45. The van der Waals surface area contributed by atoms with E-state index in [0.29, 0.717) is 0 Å². The molecule has 0 aromatic carbocycles. The van der Waals surface area contributed by atoms with Crippen LogP contribution in [0.4, 0.5) is 0 Å². The van der Waals surface area contributed by atoms with E-state index in [9.17, 15) is 8.42 Å². The molecule has 0 aromatic heterocycles. The quantitative estimate of drug-likeness (QED) is 0.528. The van der Waals surface area contributed by atoms with Gasteiger partial charge in [-0.25, -0.2) is 8.42 Å². The van der Waals surface area contributed by atoms with Gasteiger partial charge in [-0.3, -0.25) is 0 Å². The van der Waals surface area contributed by atoms with Crippen molar-refractivity contribution >= 4 is 21.4 Å². The fourth-order valence-corrected chi connectivity index (χ4v) is 3.24. The average molecular weight is 183 g/mol. The molecule has 1 rings (SSSR count). The van der Waals surface area contributed by atoms with Gasteiger partial charge in [0.05, 0.1) is 11.0 Å². The maximum absolute atomic E-state index is 11.1. The normalized spacial score (nSPS) is 39.4. The van der Waals surface area contributed by atoms with Crippen molar-refractivity contribution in [2.45, 2.75) is 30.4 Å². The van der Waals surface area contributed by atoms with Crippen molar-refractivity contribution in [2.24, 2.45) is 0 Å². The van der Waals surface area contributed by atoms with Gasteiger partial charge in [0, 0.05) is 5.38 Å².